The van der Waals surface area contributed by atoms with Gasteiger partial charge in [0.25, 0.3) is 0 Å². The Morgan fingerprint density at radius 2 is 1.91 bits per heavy atom. The molecule has 0 saturated heterocycles. The monoisotopic (exact) mass is 329 g/mol. The van der Waals surface area contributed by atoms with Gasteiger partial charge in [0.05, 0.1) is 5.69 Å². The molecule has 0 amide bonds. The van der Waals surface area contributed by atoms with E-state index in [9.17, 15) is 17.6 Å². The predicted octanol–water partition coefficient (Wildman–Crippen LogP) is 4.52. The fourth-order valence-electron chi connectivity index (χ4n) is 2.21. The van der Waals surface area contributed by atoms with E-state index in [2.05, 4.69) is 10.1 Å². The molecule has 0 saturated carbocycles. The van der Waals surface area contributed by atoms with Crippen LogP contribution in [0.4, 0.5) is 17.6 Å². The molecule has 3 rings (SSSR count). The van der Waals surface area contributed by atoms with Crippen LogP contribution in [0.5, 0.6) is 0 Å². The van der Waals surface area contributed by atoms with E-state index in [0.29, 0.717) is 22.9 Å². The van der Waals surface area contributed by atoms with Crippen LogP contribution in [0.2, 0.25) is 5.15 Å². The summed E-state index contributed by atoms with van der Waals surface area (Å²) >= 11 is 5.86. The van der Waals surface area contributed by atoms with Crippen molar-refractivity contribution in [3.63, 3.8) is 0 Å². The van der Waals surface area contributed by atoms with Crippen molar-refractivity contribution in [2.24, 2.45) is 0 Å². The number of aryl methyl sites for hydroxylation is 1. The molecular formula is C14H8ClF4N3. The minimum Gasteiger partial charge on any atom is -0.223 e. The number of rotatable bonds is 1. The number of hydrogen-bond donors (Lipinski definition) is 0. The lowest BCUT2D eigenvalue weighted by molar-refractivity contribution is -0.141. The van der Waals surface area contributed by atoms with E-state index in [1.54, 1.807) is 13.0 Å². The molecule has 1 aromatic carbocycles. The molecule has 0 bridgehead atoms. The zero-order valence-corrected chi connectivity index (χ0v) is 11.9. The summed E-state index contributed by atoms with van der Waals surface area (Å²) in [6.07, 6.45) is -4.64. The molecule has 22 heavy (non-hydrogen) atoms. The lowest BCUT2D eigenvalue weighted by atomic mass is 10.1. The van der Waals surface area contributed by atoms with Crippen LogP contribution >= 0.6 is 11.6 Å². The molecule has 2 aromatic heterocycles. The highest BCUT2D eigenvalue weighted by atomic mass is 35.5. The van der Waals surface area contributed by atoms with Crippen LogP contribution in [0.3, 0.4) is 0 Å². The van der Waals surface area contributed by atoms with Crippen LogP contribution in [0.15, 0.2) is 30.3 Å². The van der Waals surface area contributed by atoms with Crippen molar-refractivity contribution in [2.75, 3.05) is 0 Å². The molecule has 0 fully saturated rings. The van der Waals surface area contributed by atoms with Gasteiger partial charge in [-0.15, -0.1) is 0 Å². The van der Waals surface area contributed by atoms with Crippen molar-refractivity contribution in [2.45, 2.75) is 13.1 Å². The molecule has 3 aromatic rings. The SMILES string of the molecule is Cc1nn2c(Cl)cc(C(F)(F)F)nc2c1-c1cccc(F)c1. The topological polar surface area (TPSA) is 30.2 Å². The fourth-order valence-corrected chi connectivity index (χ4v) is 2.44. The average Bonchev–Trinajstić information content (AvgIpc) is 2.74. The van der Waals surface area contributed by atoms with Crippen molar-refractivity contribution in [3.05, 3.63) is 52.7 Å². The first-order chi connectivity index (χ1) is 10.3. The van der Waals surface area contributed by atoms with Gasteiger partial charge < -0.3 is 0 Å². The van der Waals surface area contributed by atoms with E-state index in [1.165, 1.54) is 18.2 Å². The lowest BCUT2D eigenvalue weighted by Crippen LogP contribution is -2.10. The van der Waals surface area contributed by atoms with Gasteiger partial charge in [-0.05, 0) is 24.6 Å². The van der Waals surface area contributed by atoms with Crippen LogP contribution in [-0.4, -0.2) is 14.6 Å². The first-order valence-corrected chi connectivity index (χ1v) is 6.54. The third kappa shape index (κ3) is 2.41. The number of benzene rings is 1. The van der Waals surface area contributed by atoms with Gasteiger partial charge in [0.15, 0.2) is 5.65 Å². The van der Waals surface area contributed by atoms with E-state index >= 15 is 0 Å². The Kier molecular flexibility index (Phi) is 3.32. The number of nitrogens with zero attached hydrogens (tertiary/aromatic N) is 3. The van der Waals surface area contributed by atoms with E-state index in [0.717, 1.165) is 4.52 Å². The minimum atomic E-state index is -4.64. The first-order valence-electron chi connectivity index (χ1n) is 6.16. The number of hydrogen-bond acceptors (Lipinski definition) is 2. The number of halogens is 5. The van der Waals surface area contributed by atoms with Gasteiger partial charge in [-0.25, -0.2) is 13.9 Å². The van der Waals surface area contributed by atoms with Crippen molar-refractivity contribution >= 4 is 17.2 Å². The second-order valence-electron chi connectivity index (χ2n) is 4.67. The zero-order chi connectivity index (χ0) is 16.1. The molecule has 0 atom stereocenters. The Morgan fingerprint density at radius 1 is 1.18 bits per heavy atom. The summed E-state index contributed by atoms with van der Waals surface area (Å²) < 4.78 is 53.2. The molecule has 0 aliphatic carbocycles. The summed E-state index contributed by atoms with van der Waals surface area (Å²) in [7, 11) is 0. The summed E-state index contributed by atoms with van der Waals surface area (Å²) in [5, 5.41) is 3.85. The molecule has 114 valence electrons. The Labute approximate surface area is 127 Å². The lowest BCUT2D eigenvalue weighted by Gasteiger charge is -2.08. The molecule has 2 heterocycles. The molecule has 0 aliphatic heterocycles. The minimum absolute atomic E-state index is 0.0667. The highest BCUT2D eigenvalue weighted by Crippen LogP contribution is 2.34. The Morgan fingerprint density at radius 3 is 2.55 bits per heavy atom. The van der Waals surface area contributed by atoms with E-state index in [4.69, 9.17) is 11.6 Å². The standard InChI is InChI=1S/C14H8ClF4N3/c1-7-12(8-3-2-4-9(16)5-8)13-20-10(14(17,18)19)6-11(15)22(13)21-7/h2-6H,1H3. The first kappa shape index (κ1) is 14.8. The third-order valence-electron chi connectivity index (χ3n) is 3.12. The number of fused-ring (bicyclic) bond motifs is 1. The maximum absolute atomic E-state index is 13.4. The van der Waals surface area contributed by atoms with Gasteiger partial charge in [0, 0.05) is 11.6 Å². The van der Waals surface area contributed by atoms with Crippen LogP contribution in [0, 0.1) is 12.7 Å². The fraction of sp³-hybridized carbons (Fsp3) is 0.143. The highest BCUT2D eigenvalue weighted by Gasteiger charge is 2.34. The molecule has 0 spiro atoms. The molecule has 8 heteroatoms. The average molecular weight is 330 g/mol. The van der Waals surface area contributed by atoms with Gasteiger partial charge >= 0.3 is 6.18 Å². The Hall–Kier alpha value is -2.15. The third-order valence-corrected chi connectivity index (χ3v) is 3.39. The van der Waals surface area contributed by atoms with Crippen LogP contribution in [0.25, 0.3) is 16.8 Å². The quantitative estimate of drug-likeness (QED) is 0.485. The largest absolute Gasteiger partial charge is 0.433 e. The van der Waals surface area contributed by atoms with Crippen LogP contribution < -0.4 is 0 Å². The van der Waals surface area contributed by atoms with Crippen LogP contribution in [0.1, 0.15) is 11.4 Å². The molecule has 0 radical (unpaired) electrons. The van der Waals surface area contributed by atoms with Gasteiger partial charge in [0.2, 0.25) is 0 Å². The summed E-state index contributed by atoms with van der Waals surface area (Å²) in [4.78, 5) is 3.60. The number of aromatic nitrogens is 3. The predicted molar refractivity (Wildman–Crippen MR) is 73.1 cm³/mol. The van der Waals surface area contributed by atoms with Gasteiger partial charge in [0.1, 0.15) is 16.7 Å². The summed E-state index contributed by atoms with van der Waals surface area (Å²) in [6.45, 7) is 1.60. The van der Waals surface area contributed by atoms with Crippen molar-refractivity contribution in [1.82, 2.24) is 14.6 Å². The maximum atomic E-state index is 13.4. The van der Waals surface area contributed by atoms with Gasteiger partial charge in [-0.1, -0.05) is 23.7 Å². The summed E-state index contributed by atoms with van der Waals surface area (Å²) in [5.74, 6) is -0.505. The van der Waals surface area contributed by atoms with Gasteiger partial charge in [-0.2, -0.15) is 18.3 Å². The smallest absolute Gasteiger partial charge is 0.223 e. The molecular weight excluding hydrogens is 322 g/mol. The summed E-state index contributed by atoms with van der Waals surface area (Å²) in [6, 6.07) is 6.19. The zero-order valence-electron chi connectivity index (χ0n) is 11.1. The second-order valence-corrected chi connectivity index (χ2v) is 5.06. The second kappa shape index (κ2) is 4.95. The van der Waals surface area contributed by atoms with E-state index in [1.807, 2.05) is 0 Å². The van der Waals surface area contributed by atoms with Crippen molar-refractivity contribution in [1.29, 1.82) is 0 Å². The normalized spacial score (nSPS) is 12.1. The van der Waals surface area contributed by atoms with E-state index < -0.39 is 17.7 Å². The molecule has 0 unspecified atom stereocenters. The molecule has 3 nitrogen and oxygen atoms in total. The van der Waals surface area contributed by atoms with Crippen molar-refractivity contribution < 1.29 is 17.6 Å². The van der Waals surface area contributed by atoms with Crippen LogP contribution in [-0.2, 0) is 6.18 Å². The van der Waals surface area contributed by atoms with Gasteiger partial charge in [-0.3, -0.25) is 0 Å². The Balaban J connectivity index is 2.35. The highest BCUT2D eigenvalue weighted by molar-refractivity contribution is 6.29. The maximum Gasteiger partial charge on any atom is 0.433 e. The Bertz CT molecular complexity index is 870. The molecule has 0 aliphatic rings. The molecule has 0 N–H and O–H groups in total. The van der Waals surface area contributed by atoms with E-state index in [-0.39, 0.29) is 10.8 Å². The summed E-state index contributed by atoms with van der Waals surface area (Å²) in [5.41, 5.74) is -0.0901. The van der Waals surface area contributed by atoms with Crippen molar-refractivity contribution in [3.8, 4) is 11.1 Å². The number of alkyl halides is 3.